The zero-order valence-corrected chi connectivity index (χ0v) is 17.4. The van der Waals surface area contributed by atoms with Crippen LogP contribution < -0.4 is 0 Å². The molecule has 3 fully saturated rings. The number of hydrogen-bond donors (Lipinski definition) is 0. The molecule has 0 N–H and O–H groups in total. The van der Waals surface area contributed by atoms with Gasteiger partial charge in [0.1, 0.15) is 6.61 Å². The quantitative estimate of drug-likeness (QED) is 0.665. The number of rotatable bonds is 4. The fourth-order valence-corrected chi connectivity index (χ4v) is 4.02. The summed E-state index contributed by atoms with van der Waals surface area (Å²) in [7, 11) is 0. The van der Waals surface area contributed by atoms with Gasteiger partial charge in [-0.2, -0.15) is 0 Å². The molecule has 3 aliphatic heterocycles. The highest BCUT2D eigenvalue weighted by Gasteiger charge is 2.26. The lowest BCUT2D eigenvalue weighted by Gasteiger charge is -2.32. The standard InChI is InChI=1S/C23H38O5/c1-2-4-8-15-24-18-14-21(28-23-13-7-10-17-26-23)19-20(11-5-3-1)27-22-12-6-9-16-25-22/h20-23H,2-17,19H2. The van der Waals surface area contributed by atoms with Crippen molar-refractivity contribution in [2.45, 2.75) is 115 Å². The number of ether oxygens (including phenoxy) is 5. The maximum atomic E-state index is 6.37. The molecule has 3 rings (SSSR count). The Labute approximate surface area is 171 Å². The summed E-state index contributed by atoms with van der Waals surface area (Å²) in [6.07, 6.45) is 17.9. The Balaban J connectivity index is 1.55. The van der Waals surface area contributed by atoms with Crippen LogP contribution in [0.4, 0.5) is 0 Å². The van der Waals surface area contributed by atoms with E-state index in [4.69, 9.17) is 23.7 Å². The lowest BCUT2D eigenvalue weighted by molar-refractivity contribution is -0.216. The highest BCUT2D eigenvalue weighted by Crippen LogP contribution is 2.25. The summed E-state index contributed by atoms with van der Waals surface area (Å²) < 4.78 is 29.9. The normalized spacial score (nSPS) is 35.1. The lowest BCUT2D eigenvalue weighted by atomic mass is 10.0. The predicted octanol–water partition coefficient (Wildman–Crippen LogP) is 5.08. The minimum absolute atomic E-state index is 0.00703. The third-order valence-electron chi connectivity index (χ3n) is 5.63. The summed E-state index contributed by atoms with van der Waals surface area (Å²) in [5.41, 5.74) is 0. The van der Waals surface area contributed by atoms with E-state index in [0.29, 0.717) is 6.42 Å². The van der Waals surface area contributed by atoms with Crippen molar-refractivity contribution in [2.75, 3.05) is 19.8 Å². The third kappa shape index (κ3) is 9.08. The van der Waals surface area contributed by atoms with Crippen molar-refractivity contribution in [1.29, 1.82) is 0 Å². The average molecular weight is 395 g/mol. The molecule has 5 heteroatoms. The van der Waals surface area contributed by atoms with Crippen LogP contribution in [0.2, 0.25) is 0 Å². The second-order valence-corrected chi connectivity index (χ2v) is 8.14. The summed E-state index contributed by atoms with van der Waals surface area (Å²) in [4.78, 5) is 0. The second-order valence-electron chi connectivity index (χ2n) is 8.14. The van der Waals surface area contributed by atoms with Gasteiger partial charge in [0.05, 0.1) is 12.2 Å². The van der Waals surface area contributed by atoms with Crippen LogP contribution in [-0.4, -0.2) is 44.6 Å². The molecule has 5 nitrogen and oxygen atoms in total. The van der Waals surface area contributed by atoms with E-state index in [2.05, 4.69) is 13.0 Å². The molecule has 4 radical (unpaired) electrons. The first-order chi connectivity index (χ1) is 13.9. The van der Waals surface area contributed by atoms with Crippen LogP contribution in [0.25, 0.3) is 0 Å². The molecule has 4 atom stereocenters. The first kappa shape index (κ1) is 22.5. The van der Waals surface area contributed by atoms with Crippen LogP contribution in [-0.2, 0) is 23.7 Å². The zero-order chi connectivity index (χ0) is 19.3. The molecule has 160 valence electrons. The molecule has 0 spiro atoms. The third-order valence-corrected chi connectivity index (χ3v) is 5.63. The SMILES string of the molecule is [C]1CCCCO[C]CC(OC2CCCCO2)CC(OC2CCCCO2)CCC1. The highest BCUT2D eigenvalue weighted by atomic mass is 16.7. The summed E-state index contributed by atoms with van der Waals surface area (Å²) in [5, 5.41) is 0. The van der Waals surface area contributed by atoms with Crippen LogP contribution in [0.1, 0.15) is 89.9 Å². The van der Waals surface area contributed by atoms with Crippen molar-refractivity contribution in [3.63, 3.8) is 0 Å². The van der Waals surface area contributed by atoms with Gasteiger partial charge in [-0.15, -0.1) is 0 Å². The molecular formula is C23H38O5. The van der Waals surface area contributed by atoms with E-state index in [9.17, 15) is 0 Å². The molecule has 4 unspecified atom stereocenters. The molecule has 0 saturated carbocycles. The molecule has 0 aromatic heterocycles. The molecule has 0 aromatic rings. The van der Waals surface area contributed by atoms with Gasteiger partial charge in [-0.3, -0.25) is 0 Å². The minimum Gasteiger partial charge on any atom is -0.369 e. The van der Waals surface area contributed by atoms with Crippen LogP contribution in [0.15, 0.2) is 0 Å². The lowest BCUT2D eigenvalue weighted by Crippen LogP contribution is -2.34. The Hall–Kier alpha value is -0.200. The molecule has 3 heterocycles. The van der Waals surface area contributed by atoms with Crippen molar-refractivity contribution in [3.05, 3.63) is 13.0 Å². The van der Waals surface area contributed by atoms with Crippen molar-refractivity contribution in [1.82, 2.24) is 0 Å². The van der Waals surface area contributed by atoms with E-state index in [0.717, 1.165) is 90.4 Å². The van der Waals surface area contributed by atoms with Crippen molar-refractivity contribution >= 4 is 0 Å². The molecule has 0 amide bonds. The fraction of sp³-hybridized carbons (Fsp3) is 0.913. The molecule has 0 bridgehead atoms. The predicted molar refractivity (Wildman–Crippen MR) is 106 cm³/mol. The second kappa shape index (κ2) is 13.9. The van der Waals surface area contributed by atoms with Gasteiger partial charge in [-0.05, 0) is 70.6 Å². The van der Waals surface area contributed by atoms with Gasteiger partial charge < -0.3 is 23.7 Å². The Kier molecular flexibility index (Phi) is 11.2. The Morgan fingerprint density at radius 1 is 0.643 bits per heavy atom. The van der Waals surface area contributed by atoms with Gasteiger partial charge in [-0.25, -0.2) is 0 Å². The smallest absolute Gasteiger partial charge is 0.157 e. The van der Waals surface area contributed by atoms with Gasteiger partial charge in [0, 0.05) is 32.7 Å². The topological polar surface area (TPSA) is 46.2 Å². The van der Waals surface area contributed by atoms with E-state index in [1.54, 1.807) is 0 Å². The first-order valence-electron chi connectivity index (χ1n) is 11.5. The van der Waals surface area contributed by atoms with Crippen LogP contribution in [0, 0.1) is 13.0 Å². The van der Waals surface area contributed by atoms with Gasteiger partial charge >= 0.3 is 0 Å². The summed E-state index contributed by atoms with van der Waals surface area (Å²) >= 11 is 0. The van der Waals surface area contributed by atoms with E-state index in [1.165, 1.54) is 12.8 Å². The Bertz CT molecular complexity index is 345. The molecule has 3 saturated heterocycles. The minimum atomic E-state index is -0.104. The molecule has 3 aliphatic rings. The monoisotopic (exact) mass is 394 g/mol. The number of hydrogen-bond acceptors (Lipinski definition) is 5. The van der Waals surface area contributed by atoms with Gasteiger partial charge in [0.2, 0.25) is 0 Å². The van der Waals surface area contributed by atoms with Crippen molar-refractivity contribution < 1.29 is 23.7 Å². The summed E-state index contributed by atoms with van der Waals surface area (Å²) in [6.45, 7) is 5.45. The molecule has 28 heavy (non-hydrogen) atoms. The first-order valence-corrected chi connectivity index (χ1v) is 11.5. The molecular weight excluding hydrogens is 356 g/mol. The largest absolute Gasteiger partial charge is 0.369 e. The average Bonchev–Trinajstić information content (AvgIpc) is 2.73. The van der Waals surface area contributed by atoms with E-state index < -0.39 is 0 Å². The van der Waals surface area contributed by atoms with Gasteiger partial charge in [0.25, 0.3) is 0 Å². The zero-order valence-electron chi connectivity index (χ0n) is 17.4. The van der Waals surface area contributed by atoms with E-state index >= 15 is 0 Å². The maximum absolute atomic E-state index is 6.37. The summed E-state index contributed by atoms with van der Waals surface area (Å²) in [5.74, 6) is 0. The Morgan fingerprint density at radius 3 is 2.04 bits per heavy atom. The van der Waals surface area contributed by atoms with Crippen LogP contribution >= 0.6 is 0 Å². The van der Waals surface area contributed by atoms with Crippen LogP contribution in [0.5, 0.6) is 0 Å². The van der Waals surface area contributed by atoms with Crippen molar-refractivity contribution in [3.8, 4) is 0 Å². The van der Waals surface area contributed by atoms with Gasteiger partial charge in [-0.1, -0.05) is 12.8 Å². The van der Waals surface area contributed by atoms with E-state index in [1.807, 2.05) is 0 Å². The van der Waals surface area contributed by atoms with Crippen LogP contribution in [0.3, 0.4) is 0 Å². The Morgan fingerprint density at radius 2 is 1.32 bits per heavy atom. The molecule has 0 aliphatic carbocycles. The van der Waals surface area contributed by atoms with Crippen molar-refractivity contribution in [2.24, 2.45) is 0 Å². The summed E-state index contributed by atoms with van der Waals surface area (Å²) in [6, 6.07) is 0. The maximum Gasteiger partial charge on any atom is 0.157 e. The highest BCUT2D eigenvalue weighted by molar-refractivity contribution is 4.75. The fourth-order valence-electron chi connectivity index (χ4n) is 4.02. The van der Waals surface area contributed by atoms with Gasteiger partial charge in [0.15, 0.2) is 12.6 Å². The molecule has 0 aromatic carbocycles. The van der Waals surface area contributed by atoms with E-state index in [-0.39, 0.29) is 24.8 Å².